The van der Waals surface area contributed by atoms with E-state index in [-0.39, 0.29) is 12.2 Å². The summed E-state index contributed by atoms with van der Waals surface area (Å²) in [5.74, 6) is -0.200. The van der Waals surface area contributed by atoms with Gasteiger partial charge in [-0.3, -0.25) is 4.79 Å². The van der Waals surface area contributed by atoms with Gasteiger partial charge in [0.05, 0.1) is 5.56 Å². The molecule has 3 rings (SSSR count). The average molecular weight is 361 g/mol. The zero-order valence-electron chi connectivity index (χ0n) is 13.7. The van der Waals surface area contributed by atoms with Crippen LogP contribution in [0, 0.1) is 6.92 Å². The van der Waals surface area contributed by atoms with Crippen molar-refractivity contribution in [3.63, 3.8) is 0 Å². The van der Waals surface area contributed by atoms with E-state index in [0.717, 1.165) is 28.1 Å². The van der Waals surface area contributed by atoms with Crippen LogP contribution in [0.15, 0.2) is 48.5 Å². The Labute approximate surface area is 146 Å². The fourth-order valence-electron chi connectivity index (χ4n) is 2.23. The van der Waals surface area contributed by atoms with Crippen LogP contribution in [0.5, 0.6) is 0 Å². The minimum absolute atomic E-state index is 0.0451. The molecule has 26 heavy (non-hydrogen) atoms. The molecule has 0 aliphatic carbocycles. The molecule has 0 bridgehead atoms. The van der Waals surface area contributed by atoms with Crippen LogP contribution in [0.1, 0.15) is 11.1 Å². The van der Waals surface area contributed by atoms with Crippen molar-refractivity contribution in [1.82, 2.24) is 20.2 Å². The molecule has 0 atom stereocenters. The molecule has 6 nitrogen and oxygen atoms in total. The van der Waals surface area contributed by atoms with Crippen LogP contribution in [-0.2, 0) is 17.5 Å². The summed E-state index contributed by atoms with van der Waals surface area (Å²) >= 11 is 0. The van der Waals surface area contributed by atoms with Crippen molar-refractivity contribution in [1.29, 1.82) is 0 Å². The highest BCUT2D eigenvalue weighted by atomic mass is 19.4. The number of carbonyl (C=O) groups is 1. The first-order valence-corrected chi connectivity index (χ1v) is 7.63. The van der Waals surface area contributed by atoms with E-state index in [1.165, 1.54) is 12.1 Å². The van der Waals surface area contributed by atoms with E-state index in [4.69, 9.17) is 0 Å². The first-order valence-electron chi connectivity index (χ1n) is 7.63. The van der Waals surface area contributed by atoms with E-state index in [2.05, 4.69) is 20.7 Å². The minimum atomic E-state index is -4.48. The summed E-state index contributed by atoms with van der Waals surface area (Å²) in [4.78, 5) is 13.1. The Kier molecular flexibility index (Phi) is 4.70. The quantitative estimate of drug-likeness (QED) is 0.774. The summed E-state index contributed by atoms with van der Waals surface area (Å²) in [7, 11) is 0. The molecule has 0 fully saturated rings. The van der Waals surface area contributed by atoms with E-state index in [1.807, 2.05) is 31.2 Å². The van der Waals surface area contributed by atoms with Gasteiger partial charge in [-0.2, -0.15) is 18.0 Å². The second kappa shape index (κ2) is 6.95. The molecular formula is C17H14F3N5O. The maximum atomic E-state index is 12.7. The van der Waals surface area contributed by atoms with Gasteiger partial charge in [0.25, 0.3) is 0 Å². The van der Waals surface area contributed by atoms with E-state index in [9.17, 15) is 18.0 Å². The molecule has 134 valence electrons. The number of aryl methyl sites for hydroxylation is 1. The third kappa shape index (κ3) is 4.24. The number of hydrogen-bond donors (Lipinski definition) is 1. The molecule has 0 saturated carbocycles. The van der Waals surface area contributed by atoms with Crippen LogP contribution in [0.4, 0.5) is 18.9 Å². The third-order valence-electron chi connectivity index (χ3n) is 3.52. The van der Waals surface area contributed by atoms with Crippen molar-refractivity contribution in [2.75, 3.05) is 5.32 Å². The monoisotopic (exact) mass is 361 g/mol. The normalized spacial score (nSPS) is 11.4. The van der Waals surface area contributed by atoms with Gasteiger partial charge in [-0.1, -0.05) is 35.9 Å². The number of rotatable bonds is 4. The Balaban J connectivity index is 1.67. The summed E-state index contributed by atoms with van der Waals surface area (Å²) in [6.07, 6.45) is -4.48. The van der Waals surface area contributed by atoms with Crippen molar-refractivity contribution in [3.05, 3.63) is 59.7 Å². The summed E-state index contributed by atoms with van der Waals surface area (Å²) in [6.45, 7) is 1.68. The summed E-state index contributed by atoms with van der Waals surface area (Å²) < 4.78 is 38.1. The smallest absolute Gasteiger partial charge is 0.324 e. The maximum Gasteiger partial charge on any atom is 0.416 e. The van der Waals surface area contributed by atoms with Crippen LogP contribution in [0.2, 0.25) is 0 Å². The zero-order chi connectivity index (χ0) is 18.7. The van der Waals surface area contributed by atoms with Crippen molar-refractivity contribution in [3.8, 4) is 11.4 Å². The average Bonchev–Trinajstić information content (AvgIpc) is 3.03. The fourth-order valence-corrected chi connectivity index (χ4v) is 2.23. The first-order chi connectivity index (χ1) is 12.3. The summed E-state index contributed by atoms with van der Waals surface area (Å²) in [5.41, 5.74) is 1.04. The molecule has 9 heteroatoms. The molecular weight excluding hydrogens is 347 g/mol. The van der Waals surface area contributed by atoms with Gasteiger partial charge in [0.2, 0.25) is 11.7 Å². The molecule has 0 aliphatic heterocycles. The van der Waals surface area contributed by atoms with Crippen molar-refractivity contribution in [2.24, 2.45) is 0 Å². The van der Waals surface area contributed by atoms with Gasteiger partial charge in [0, 0.05) is 11.3 Å². The topological polar surface area (TPSA) is 72.7 Å². The number of benzene rings is 2. The summed E-state index contributed by atoms with van der Waals surface area (Å²) in [5, 5.41) is 14.2. The number of nitrogens with one attached hydrogen (secondary N) is 1. The first kappa shape index (κ1) is 17.6. The number of halogens is 3. The highest BCUT2D eigenvalue weighted by molar-refractivity contribution is 5.90. The predicted octanol–water partition coefficient (Wildman–Crippen LogP) is 3.31. The number of nitrogens with zero attached hydrogens (tertiary/aromatic N) is 4. The number of carbonyl (C=O) groups excluding carboxylic acids is 1. The highest BCUT2D eigenvalue weighted by Gasteiger charge is 2.30. The molecule has 0 saturated heterocycles. The molecule has 1 N–H and O–H groups in total. The molecule has 0 spiro atoms. The lowest BCUT2D eigenvalue weighted by Crippen LogP contribution is -2.20. The van der Waals surface area contributed by atoms with Gasteiger partial charge in [0.1, 0.15) is 6.54 Å². The van der Waals surface area contributed by atoms with Crippen LogP contribution in [-0.4, -0.2) is 26.1 Å². The molecule has 3 aromatic rings. The number of anilines is 1. The molecule has 1 amide bonds. The molecule has 0 unspecified atom stereocenters. The Hall–Kier alpha value is -3.23. The molecule has 0 aliphatic rings. The molecule has 0 radical (unpaired) electrons. The minimum Gasteiger partial charge on any atom is -0.324 e. The Morgan fingerprint density at radius 2 is 1.88 bits per heavy atom. The van der Waals surface area contributed by atoms with Crippen molar-refractivity contribution < 1.29 is 18.0 Å². The Morgan fingerprint density at radius 1 is 1.15 bits per heavy atom. The van der Waals surface area contributed by atoms with Gasteiger partial charge >= 0.3 is 6.18 Å². The van der Waals surface area contributed by atoms with Crippen molar-refractivity contribution in [2.45, 2.75) is 19.6 Å². The highest BCUT2D eigenvalue weighted by Crippen LogP contribution is 2.30. The fraction of sp³-hybridized carbons (Fsp3) is 0.176. The number of aromatic nitrogens is 4. The van der Waals surface area contributed by atoms with Gasteiger partial charge in [-0.15, -0.1) is 10.2 Å². The van der Waals surface area contributed by atoms with Crippen LogP contribution in [0.25, 0.3) is 11.4 Å². The maximum absolute atomic E-state index is 12.7. The van der Waals surface area contributed by atoms with E-state index in [1.54, 1.807) is 0 Å². The molecule has 1 heterocycles. The van der Waals surface area contributed by atoms with Crippen molar-refractivity contribution >= 4 is 11.6 Å². The lowest BCUT2D eigenvalue weighted by molar-refractivity contribution is -0.137. The second-order valence-electron chi connectivity index (χ2n) is 5.64. The van der Waals surface area contributed by atoms with E-state index >= 15 is 0 Å². The van der Waals surface area contributed by atoms with E-state index in [0.29, 0.717) is 5.82 Å². The van der Waals surface area contributed by atoms with Crippen LogP contribution >= 0.6 is 0 Å². The van der Waals surface area contributed by atoms with Gasteiger partial charge in [0.15, 0.2) is 0 Å². The number of hydrogen-bond acceptors (Lipinski definition) is 4. The van der Waals surface area contributed by atoms with Gasteiger partial charge < -0.3 is 5.32 Å². The summed E-state index contributed by atoms with van der Waals surface area (Å²) in [6, 6.07) is 11.9. The largest absolute Gasteiger partial charge is 0.416 e. The lowest BCUT2D eigenvalue weighted by Gasteiger charge is -2.09. The third-order valence-corrected chi connectivity index (χ3v) is 3.52. The van der Waals surface area contributed by atoms with Crippen LogP contribution < -0.4 is 5.32 Å². The number of alkyl halides is 3. The predicted molar refractivity (Wildman–Crippen MR) is 88.1 cm³/mol. The van der Waals surface area contributed by atoms with Gasteiger partial charge in [-0.25, -0.2) is 0 Å². The Bertz CT molecular complexity index is 919. The number of amides is 1. The lowest BCUT2D eigenvalue weighted by atomic mass is 10.1. The standard InChI is InChI=1S/C17H14F3N5O/c1-11-5-7-12(8-6-11)16-22-24-25(23-16)10-15(26)21-14-4-2-3-13(9-14)17(18,19)20/h2-9H,10H2,1H3,(H,21,26). The molecule has 1 aromatic heterocycles. The molecule has 2 aromatic carbocycles. The van der Waals surface area contributed by atoms with E-state index < -0.39 is 17.6 Å². The zero-order valence-corrected chi connectivity index (χ0v) is 13.7. The van der Waals surface area contributed by atoms with Gasteiger partial charge in [-0.05, 0) is 30.3 Å². The van der Waals surface area contributed by atoms with Crippen LogP contribution in [0.3, 0.4) is 0 Å². The SMILES string of the molecule is Cc1ccc(-c2nnn(CC(=O)Nc3cccc(C(F)(F)F)c3)n2)cc1. The number of tetrazole rings is 1. The Morgan fingerprint density at radius 3 is 2.58 bits per heavy atom. The second-order valence-corrected chi connectivity index (χ2v) is 5.64.